The van der Waals surface area contributed by atoms with Crippen LogP contribution in [0.25, 0.3) is 16.5 Å². The summed E-state index contributed by atoms with van der Waals surface area (Å²) in [6, 6.07) is 14.7. The van der Waals surface area contributed by atoms with Gasteiger partial charge in [0.2, 0.25) is 8.32 Å². The average molecular weight is 480 g/mol. The SMILES string of the molecule is C[Si](C)=C(CC[NH-])O[Si](C)(C)C.[Cl-].[Cl-].[Zr+4].c1ccc2[cH-]ccc2c1. The van der Waals surface area contributed by atoms with Crippen molar-refractivity contribution in [3.05, 3.63) is 48.2 Å². The van der Waals surface area contributed by atoms with Gasteiger partial charge in [-0.15, -0.1) is 36.2 Å². The van der Waals surface area contributed by atoms with Gasteiger partial charge in [-0.25, -0.2) is 0 Å². The first-order chi connectivity index (χ1) is 9.83. The summed E-state index contributed by atoms with van der Waals surface area (Å²) in [4.78, 5) is 0. The van der Waals surface area contributed by atoms with Gasteiger partial charge in [-0.2, -0.15) is 17.5 Å². The Morgan fingerprint density at radius 2 is 1.71 bits per heavy atom. The Kier molecular flexibility index (Phi) is 17.6. The molecule has 0 fully saturated rings. The topological polar surface area (TPSA) is 33.0 Å². The second-order valence-corrected chi connectivity index (χ2v) is 13.3. The van der Waals surface area contributed by atoms with Gasteiger partial charge >= 0.3 is 26.2 Å². The van der Waals surface area contributed by atoms with Crippen molar-refractivity contribution in [2.75, 3.05) is 6.54 Å². The van der Waals surface area contributed by atoms with Crippen LogP contribution in [-0.4, -0.2) is 28.6 Å². The summed E-state index contributed by atoms with van der Waals surface area (Å²) >= 11 is 0. The Bertz CT molecular complexity index is 563. The third-order valence-electron chi connectivity index (χ3n) is 2.89. The largest absolute Gasteiger partial charge is 4.00 e. The molecular weight excluding hydrogens is 452 g/mol. The molecule has 24 heavy (non-hydrogen) atoms. The van der Waals surface area contributed by atoms with Gasteiger partial charge in [-0.3, -0.25) is 0 Å². The summed E-state index contributed by atoms with van der Waals surface area (Å²) in [5, 5.41) is 3.88. The summed E-state index contributed by atoms with van der Waals surface area (Å²) < 4.78 is 5.92. The number of fused-ring (bicyclic) bond motifs is 1. The Labute approximate surface area is 181 Å². The zero-order valence-electron chi connectivity index (χ0n) is 15.1. The minimum absolute atomic E-state index is 0. The number of nitrogens with one attached hydrogen (secondary N) is 1. The molecule has 0 aliphatic heterocycles. The molecule has 0 aliphatic carbocycles. The zero-order chi connectivity index (χ0) is 15.9. The molecule has 0 radical (unpaired) electrons. The molecule has 7 heteroatoms. The molecule has 0 bridgehead atoms. The molecule has 0 amide bonds. The minimum Gasteiger partial charge on any atom is -1.00 e. The van der Waals surface area contributed by atoms with Crippen molar-refractivity contribution in [2.45, 2.75) is 39.2 Å². The van der Waals surface area contributed by atoms with Gasteiger partial charge in [0.05, 0.1) is 8.41 Å². The third kappa shape index (κ3) is 11.8. The van der Waals surface area contributed by atoms with Crippen molar-refractivity contribution in [3.63, 3.8) is 0 Å². The quantitative estimate of drug-likeness (QED) is 0.422. The maximum Gasteiger partial charge on any atom is 4.00 e. The van der Waals surface area contributed by atoms with Crippen LogP contribution in [0, 0.1) is 0 Å². The van der Waals surface area contributed by atoms with E-state index in [1.165, 1.54) is 16.1 Å². The normalized spacial score (nSPS) is 9.42. The molecule has 0 spiro atoms. The smallest absolute Gasteiger partial charge is 1.00 e. The van der Waals surface area contributed by atoms with Crippen molar-refractivity contribution in [1.29, 1.82) is 0 Å². The zero-order valence-corrected chi connectivity index (χ0v) is 21.1. The number of halogens is 2. The summed E-state index contributed by atoms with van der Waals surface area (Å²) in [6.45, 7) is 11.5. The molecular formula is C17H27Cl2NOSi2Zr. The molecule has 0 heterocycles. The van der Waals surface area contributed by atoms with E-state index in [2.05, 4.69) is 75.2 Å². The molecule has 0 aliphatic rings. The third-order valence-corrected chi connectivity index (χ3v) is 5.42. The van der Waals surface area contributed by atoms with Crippen LogP contribution in [0.4, 0.5) is 0 Å². The van der Waals surface area contributed by atoms with Crippen molar-refractivity contribution < 1.29 is 55.4 Å². The summed E-state index contributed by atoms with van der Waals surface area (Å²) in [6.07, 6.45) is 0.839. The van der Waals surface area contributed by atoms with Crippen LogP contribution < -0.4 is 24.8 Å². The van der Waals surface area contributed by atoms with Gasteiger partial charge in [-0.1, -0.05) is 19.2 Å². The molecule has 0 unspecified atom stereocenters. The van der Waals surface area contributed by atoms with Crippen LogP contribution in [0.2, 0.25) is 32.7 Å². The Hall–Kier alpha value is 0.357. The molecule has 0 saturated heterocycles. The Morgan fingerprint density at radius 1 is 1.12 bits per heavy atom. The molecule has 2 aromatic rings. The predicted molar refractivity (Wildman–Crippen MR) is 100 cm³/mol. The number of benzene rings is 1. The minimum atomic E-state index is -1.42. The van der Waals surface area contributed by atoms with Gasteiger partial charge < -0.3 is 35.0 Å². The van der Waals surface area contributed by atoms with Crippen molar-refractivity contribution >= 4 is 32.9 Å². The molecule has 1 N–H and O–H groups in total. The van der Waals surface area contributed by atoms with E-state index >= 15 is 0 Å². The van der Waals surface area contributed by atoms with E-state index in [0.29, 0.717) is 6.54 Å². The molecule has 2 rings (SSSR count). The maximum atomic E-state index is 7.17. The van der Waals surface area contributed by atoms with Crippen molar-refractivity contribution in [2.24, 2.45) is 0 Å². The van der Waals surface area contributed by atoms with Gasteiger partial charge in [-0.05, 0) is 26.1 Å². The Morgan fingerprint density at radius 3 is 2.17 bits per heavy atom. The first kappa shape index (κ1) is 29.1. The van der Waals surface area contributed by atoms with E-state index in [1.54, 1.807) is 0 Å². The maximum absolute atomic E-state index is 7.17. The van der Waals surface area contributed by atoms with E-state index in [4.69, 9.17) is 10.2 Å². The summed E-state index contributed by atoms with van der Waals surface area (Å²) in [5.41, 5.74) is 7.17. The van der Waals surface area contributed by atoms with Crippen LogP contribution in [0.1, 0.15) is 6.42 Å². The van der Waals surface area contributed by atoms with E-state index in [1.807, 2.05) is 0 Å². The van der Waals surface area contributed by atoms with Gasteiger partial charge in [0.25, 0.3) is 0 Å². The molecule has 132 valence electrons. The number of hydrogen-bond donors (Lipinski definition) is 0. The molecule has 2 aromatic carbocycles. The van der Waals surface area contributed by atoms with E-state index in [-0.39, 0.29) is 51.0 Å². The first-order valence-electron chi connectivity index (χ1n) is 7.44. The monoisotopic (exact) mass is 477 g/mol. The molecule has 2 nitrogen and oxygen atoms in total. The van der Waals surface area contributed by atoms with E-state index in [0.717, 1.165) is 6.42 Å². The van der Waals surface area contributed by atoms with Gasteiger partial charge in [0.1, 0.15) is 0 Å². The van der Waals surface area contributed by atoms with E-state index < -0.39 is 16.7 Å². The second kappa shape index (κ2) is 14.5. The van der Waals surface area contributed by atoms with Crippen molar-refractivity contribution in [1.82, 2.24) is 0 Å². The van der Waals surface area contributed by atoms with Gasteiger partial charge in [0, 0.05) is 5.35 Å². The fourth-order valence-electron chi connectivity index (χ4n) is 1.96. The molecule has 0 saturated carbocycles. The van der Waals surface area contributed by atoms with Crippen LogP contribution >= 0.6 is 0 Å². The predicted octanol–water partition coefficient (Wildman–Crippen LogP) is -0.690. The van der Waals surface area contributed by atoms with Crippen LogP contribution in [0.3, 0.4) is 0 Å². The van der Waals surface area contributed by atoms with Crippen LogP contribution in [-0.2, 0) is 30.6 Å². The van der Waals surface area contributed by atoms with Crippen LogP contribution in [0.5, 0.6) is 0 Å². The number of hydrogen-bond acceptors (Lipinski definition) is 1. The summed E-state index contributed by atoms with van der Waals surface area (Å²) in [7, 11) is -1.87. The molecule has 0 atom stereocenters. The standard InChI is InChI=1S/C9H7.C8H20NOSi2.2ClH.Zr/c1-2-5-9-7-3-6-8(9)4-1;1-11(2)8(6-7-9)10-12(3,4)5;;;/h1-7H;9H,6-7H2,1-5H3;2*1H;/q2*-1;;;+4/p-2. The van der Waals surface area contributed by atoms with Gasteiger partial charge in [0.15, 0.2) is 0 Å². The fourth-order valence-corrected chi connectivity index (χ4v) is 5.16. The molecule has 0 aromatic heterocycles. The van der Waals surface area contributed by atoms with Crippen LogP contribution in [0.15, 0.2) is 42.5 Å². The average Bonchev–Trinajstić information content (AvgIpc) is 2.85. The number of rotatable bonds is 4. The summed E-state index contributed by atoms with van der Waals surface area (Å²) in [5.74, 6) is 0. The van der Waals surface area contributed by atoms with E-state index in [9.17, 15) is 0 Å². The first-order valence-corrected chi connectivity index (χ1v) is 13.3. The second-order valence-electron chi connectivity index (χ2n) is 6.29. The fraction of sp³-hybridized carbons (Fsp3) is 0.412. The Balaban J connectivity index is -0.000000332. The van der Waals surface area contributed by atoms with Crippen molar-refractivity contribution in [3.8, 4) is 0 Å².